The van der Waals surface area contributed by atoms with Gasteiger partial charge in [-0.25, -0.2) is 9.78 Å². The Morgan fingerprint density at radius 3 is 3.17 bits per heavy atom. The average molecular weight is 251 g/mol. The normalized spacial score (nSPS) is 20.3. The quantitative estimate of drug-likeness (QED) is 0.727. The van der Waals surface area contributed by atoms with E-state index in [4.69, 9.17) is 4.74 Å². The number of hydrogen-bond donors (Lipinski definition) is 0. The third kappa shape index (κ3) is 2.95. The molecule has 1 unspecified atom stereocenters. The van der Waals surface area contributed by atoms with Crippen molar-refractivity contribution in [3.05, 3.63) is 18.1 Å². The van der Waals surface area contributed by atoms with E-state index in [0.29, 0.717) is 5.82 Å². The lowest BCUT2D eigenvalue weighted by Crippen LogP contribution is -2.31. The third-order valence-corrected chi connectivity index (χ3v) is 2.79. The highest BCUT2D eigenvalue weighted by atomic mass is 16.5. The van der Waals surface area contributed by atoms with Crippen LogP contribution in [0.4, 0.5) is 5.82 Å². The summed E-state index contributed by atoms with van der Waals surface area (Å²) in [7, 11) is 1.33. The Hall–Kier alpha value is -1.69. The van der Waals surface area contributed by atoms with Crippen molar-refractivity contribution < 1.29 is 14.3 Å². The van der Waals surface area contributed by atoms with Gasteiger partial charge in [0, 0.05) is 19.7 Å². The zero-order chi connectivity index (χ0) is 13.0. The van der Waals surface area contributed by atoms with Gasteiger partial charge in [-0.2, -0.15) is 0 Å². The van der Waals surface area contributed by atoms with Crippen molar-refractivity contribution in [1.82, 2.24) is 9.97 Å². The number of carbonyl (C=O) groups excluding carboxylic acids is 1. The third-order valence-electron chi connectivity index (χ3n) is 2.79. The first-order chi connectivity index (χ1) is 8.70. The van der Waals surface area contributed by atoms with Gasteiger partial charge in [0.05, 0.1) is 25.6 Å². The molecule has 6 nitrogen and oxygen atoms in total. The number of ether oxygens (including phenoxy) is 2. The molecule has 2 heterocycles. The van der Waals surface area contributed by atoms with Gasteiger partial charge < -0.3 is 14.4 Å². The Kier molecular flexibility index (Phi) is 4.09. The number of esters is 1. The molecule has 0 saturated carbocycles. The number of rotatable bonds is 2. The van der Waals surface area contributed by atoms with Crippen molar-refractivity contribution in [2.24, 2.45) is 0 Å². The topological polar surface area (TPSA) is 64.5 Å². The second-order valence-electron chi connectivity index (χ2n) is 4.24. The number of aromatic nitrogens is 2. The van der Waals surface area contributed by atoms with Gasteiger partial charge >= 0.3 is 5.97 Å². The molecule has 2 rings (SSSR count). The van der Waals surface area contributed by atoms with Crippen LogP contribution in [-0.4, -0.2) is 48.8 Å². The molecule has 0 aliphatic carbocycles. The standard InChI is InChI=1S/C12H17N3O3/c1-9-8-15(4-3-5-18-9)11-7-13-6-10(14-11)12(16)17-2/h6-7,9H,3-5,8H2,1-2H3. The number of anilines is 1. The number of nitrogens with zero attached hydrogens (tertiary/aromatic N) is 3. The Morgan fingerprint density at radius 2 is 2.39 bits per heavy atom. The van der Waals surface area contributed by atoms with Gasteiger partial charge in [0.15, 0.2) is 5.69 Å². The van der Waals surface area contributed by atoms with Crippen molar-refractivity contribution in [2.45, 2.75) is 19.4 Å². The minimum atomic E-state index is -0.469. The van der Waals surface area contributed by atoms with E-state index in [1.165, 1.54) is 13.3 Å². The molecule has 6 heteroatoms. The molecule has 1 aliphatic heterocycles. The first-order valence-electron chi connectivity index (χ1n) is 5.97. The molecule has 98 valence electrons. The van der Waals surface area contributed by atoms with Crippen LogP contribution >= 0.6 is 0 Å². The van der Waals surface area contributed by atoms with Gasteiger partial charge in [0.2, 0.25) is 0 Å². The Balaban J connectivity index is 2.18. The lowest BCUT2D eigenvalue weighted by molar-refractivity contribution is 0.0593. The lowest BCUT2D eigenvalue weighted by atomic mass is 10.3. The number of carbonyl (C=O) groups is 1. The van der Waals surface area contributed by atoms with Crippen LogP contribution in [0.15, 0.2) is 12.4 Å². The lowest BCUT2D eigenvalue weighted by Gasteiger charge is -2.22. The van der Waals surface area contributed by atoms with Crippen molar-refractivity contribution >= 4 is 11.8 Å². The van der Waals surface area contributed by atoms with Crippen LogP contribution in [-0.2, 0) is 9.47 Å². The molecule has 1 aromatic heterocycles. The van der Waals surface area contributed by atoms with Crippen LogP contribution in [0, 0.1) is 0 Å². The van der Waals surface area contributed by atoms with Crippen molar-refractivity contribution in [1.29, 1.82) is 0 Å². The molecule has 0 N–H and O–H groups in total. The van der Waals surface area contributed by atoms with E-state index < -0.39 is 5.97 Å². The van der Waals surface area contributed by atoms with Crippen molar-refractivity contribution in [3.8, 4) is 0 Å². The van der Waals surface area contributed by atoms with E-state index in [0.717, 1.165) is 26.1 Å². The summed E-state index contributed by atoms with van der Waals surface area (Å²) in [5, 5.41) is 0. The summed E-state index contributed by atoms with van der Waals surface area (Å²) in [5.41, 5.74) is 0.229. The maximum Gasteiger partial charge on any atom is 0.358 e. The summed E-state index contributed by atoms with van der Waals surface area (Å²) in [4.78, 5) is 21.8. The van der Waals surface area contributed by atoms with E-state index in [9.17, 15) is 4.79 Å². The number of hydrogen-bond acceptors (Lipinski definition) is 6. The molecule has 0 bridgehead atoms. The summed E-state index contributed by atoms with van der Waals surface area (Å²) in [5.74, 6) is 0.221. The van der Waals surface area contributed by atoms with Crippen LogP contribution in [0.1, 0.15) is 23.8 Å². The second-order valence-corrected chi connectivity index (χ2v) is 4.24. The maximum absolute atomic E-state index is 11.4. The molecule has 1 aromatic rings. The molecular formula is C12H17N3O3. The molecule has 18 heavy (non-hydrogen) atoms. The minimum absolute atomic E-state index is 0.149. The summed E-state index contributed by atoms with van der Waals surface area (Å²) in [6.07, 6.45) is 4.16. The predicted octanol–water partition coefficient (Wildman–Crippen LogP) is 0.878. The highest BCUT2D eigenvalue weighted by Crippen LogP contribution is 2.14. The first kappa shape index (κ1) is 12.8. The molecule has 1 aliphatic rings. The zero-order valence-electron chi connectivity index (χ0n) is 10.6. The smallest absolute Gasteiger partial charge is 0.358 e. The van der Waals surface area contributed by atoms with Gasteiger partial charge in [-0.15, -0.1) is 0 Å². The highest BCUT2D eigenvalue weighted by Gasteiger charge is 2.18. The highest BCUT2D eigenvalue weighted by molar-refractivity contribution is 5.87. The fourth-order valence-corrected chi connectivity index (χ4v) is 1.91. The van der Waals surface area contributed by atoms with Crippen LogP contribution in [0.5, 0.6) is 0 Å². The van der Waals surface area contributed by atoms with Crippen LogP contribution < -0.4 is 4.90 Å². The van der Waals surface area contributed by atoms with E-state index in [1.54, 1.807) is 6.20 Å². The molecule has 1 atom stereocenters. The van der Waals surface area contributed by atoms with E-state index >= 15 is 0 Å². The molecular weight excluding hydrogens is 234 g/mol. The predicted molar refractivity (Wildman–Crippen MR) is 65.6 cm³/mol. The Bertz CT molecular complexity index is 425. The summed E-state index contributed by atoms with van der Waals surface area (Å²) >= 11 is 0. The second kappa shape index (κ2) is 5.77. The van der Waals surface area contributed by atoms with Gasteiger partial charge in [0.1, 0.15) is 5.82 Å². The van der Waals surface area contributed by atoms with E-state index in [-0.39, 0.29) is 11.8 Å². The molecule has 0 aromatic carbocycles. The molecule has 1 fully saturated rings. The largest absolute Gasteiger partial charge is 0.464 e. The van der Waals surface area contributed by atoms with Gasteiger partial charge in [0.25, 0.3) is 0 Å². The molecule has 0 spiro atoms. The zero-order valence-corrected chi connectivity index (χ0v) is 10.6. The van der Waals surface area contributed by atoms with Crippen molar-refractivity contribution in [3.63, 3.8) is 0 Å². The van der Waals surface area contributed by atoms with Gasteiger partial charge in [-0.1, -0.05) is 0 Å². The fraction of sp³-hybridized carbons (Fsp3) is 0.583. The maximum atomic E-state index is 11.4. The first-order valence-corrected chi connectivity index (χ1v) is 5.97. The fourth-order valence-electron chi connectivity index (χ4n) is 1.91. The van der Waals surface area contributed by atoms with Crippen molar-refractivity contribution in [2.75, 3.05) is 31.7 Å². The van der Waals surface area contributed by atoms with E-state index in [1.807, 2.05) is 6.92 Å². The van der Waals surface area contributed by atoms with Crippen LogP contribution in [0.2, 0.25) is 0 Å². The Labute approximate surface area is 106 Å². The van der Waals surface area contributed by atoms with E-state index in [2.05, 4.69) is 19.6 Å². The average Bonchev–Trinajstić information content (AvgIpc) is 2.62. The number of methoxy groups -OCH3 is 1. The summed E-state index contributed by atoms with van der Waals surface area (Å²) in [6.45, 7) is 4.38. The van der Waals surface area contributed by atoms with Crippen LogP contribution in [0.25, 0.3) is 0 Å². The molecule has 0 radical (unpaired) electrons. The monoisotopic (exact) mass is 251 g/mol. The minimum Gasteiger partial charge on any atom is -0.464 e. The molecule has 0 amide bonds. The van der Waals surface area contributed by atoms with Crippen LogP contribution in [0.3, 0.4) is 0 Å². The van der Waals surface area contributed by atoms with Gasteiger partial charge in [-0.3, -0.25) is 4.98 Å². The molecule has 1 saturated heterocycles. The summed E-state index contributed by atoms with van der Waals surface area (Å²) < 4.78 is 10.2. The Morgan fingerprint density at radius 1 is 1.56 bits per heavy atom. The summed E-state index contributed by atoms with van der Waals surface area (Å²) in [6, 6.07) is 0. The SMILES string of the molecule is COC(=O)c1cncc(N2CCCOC(C)C2)n1. The van der Waals surface area contributed by atoms with Gasteiger partial charge in [-0.05, 0) is 13.3 Å².